The second-order valence-corrected chi connectivity index (χ2v) is 7.87. The largest absolute Gasteiger partial charge is 0.459 e. The Labute approximate surface area is 135 Å². The molecular weight excluding hydrogens is 324 g/mol. The van der Waals surface area contributed by atoms with Crippen LogP contribution >= 0.6 is 0 Å². The molecule has 1 amide bonds. The number of sulfonamides is 1. The number of hydrogen-bond acceptors (Lipinski definition) is 6. The number of rotatable bonds is 2. The maximum atomic E-state index is 12.5. The van der Waals surface area contributed by atoms with Crippen molar-refractivity contribution in [3.05, 3.63) is 24.2 Å². The summed E-state index contributed by atoms with van der Waals surface area (Å²) in [6.07, 6.45) is 2.62. The van der Waals surface area contributed by atoms with Crippen molar-refractivity contribution < 1.29 is 27.1 Å². The highest BCUT2D eigenvalue weighted by molar-refractivity contribution is 7.88. The second-order valence-electron chi connectivity index (χ2n) is 5.88. The number of morpholine rings is 1. The zero-order valence-electron chi connectivity index (χ0n) is 12.9. The standard InChI is InChI=1S/C14H20N2O6S/c1-23(18,19)16-5-7-20-11-14(10-16)9-15(4-8-22-14)13(17)12-3-2-6-21-12/h2-3,6H,4-5,7-11H2,1H3. The average Bonchev–Trinajstić information content (AvgIpc) is 2.95. The Kier molecular flexibility index (Phi) is 4.45. The normalized spacial score (nSPS) is 27.1. The summed E-state index contributed by atoms with van der Waals surface area (Å²) < 4.78 is 41.7. The van der Waals surface area contributed by atoms with Crippen LogP contribution in [0.1, 0.15) is 10.6 Å². The lowest BCUT2D eigenvalue weighted by molar-refractivity contribution is -0.129. The summed E-state index contributed by atoms with van der Waals surface area (Å²) in [7, 11) is -3.35. The number of furan rings is 1. The van der Waals surface area contributed by atoms with Gasteiger partial charge in [-0.25, -0.2) is 8.42 Å². The Bertz CT molecular complexity index is 659. The zero-order valence-corrected chi connectivity index (χ0v) is 13.8. The lowest BCUT2D eigenvalue weighted by Crippen LogP contribution is -2.60. The number of hydrogen-bond donors (Lipinski definition) is 0. The van der Waals surface area contributed by atoms with Crippen LogP contribution in [-0.4, -0.2) is 81.4 Å². The summed E-state index contributed by atoms with van der Waals surface area (Å²) in [5.41, 5.74) is -0.847. The molecule has 2 saturated heterocycles. The van der Waals surface area contributed by atoms with Gasteiger partial charge in [-0.15, -0.1) is 0 Å². The molecule has 0 aromatic carbocycles. The van der Waals surface area contributed by atoms with Gasteiger partial charge in [0.2, 0.25) is 10.0 Å². The Morgan fingerprint density at radius 2 is 2.09 bits per heavy atom. The molecule has 2 fully saturated rings. The molecule has 23 heavy (non-hydrogen) atoms. The highest BCUT2D eigenvalue weighted by Crippen LogP contribution is 2.25. The minimum atomic E-state index is -3.35. The van der Waals surface area contributed by atoms with Crippen LogP contribution in [0.15, 0.2) is 22.8 Å². The number of carbonyl (C=O) groups is 1. The van der Waals surface area contributed by atoms with Crippen molar-refractivity contribution in [2.75, 3.05) is 52.3 Å². The van der Waals surface area contributed by atoms with Crippen molar-refractivity contribution in [2.24, 2.45) is 0 Å². The van der Waals surface area contributed by atoms with E-state index in [1.807, 2.05) is 0 Å². The minimum Gasteiger partial charge on any atom is -0.459 e. The number of nitrogens with zero attached hydrogens (tertiary/aromatic N) is 2. The molecule has 2 aliphatic rings. The van der Waals surface area contributed by atoms with Gasteiger partial charge in [-0.1, -0.05) is 0 Å². The lowest BCUT2D eigenvalue weighted by atomic mass is 10.0. The van der Waals surface area contributed by atoms with Crippen molar-refractivity contribution in [1.82, 2.24) is 9.21 Å². The van der Waals surface area contributed by atoms with E-state index in [-0.39, 0.29) is 37.9 Å². The molecule has 0 N–H and O–H groups in total. The van der Waals surface area contributed by atoms with E-state index >= 15 is 0 Å². The molecule has 2 aliphatic heterocycles. The first-order valence-electron chi connectivity index (χ1n) is 7.39. The van der Waals surface area contributed by atoms with Gasteiger partial charge in [0, 0.05) is 19.6 Å². The van der Waals surface area contributed by atoms with Gasteiger partial charge in [0.25, 0.3) is 5.91 Å². The van der Waals surface area contributed by atoms with Crippen molar-refractivity contribution in [3.63, 3.8) is 0 Å². The molecule has 0 aliphatic carbocycles. The SMILES string of the molecule is CS(=O)(=O)N1CCOCC2(CN(C(=O)c3ccco3)CCO2)C1. The van der Waals surface area contributed by atoms with Crippen molar-refractivity contribution in [3.8, 4) is 0 Å². The smallest absolute Gasteiger partial charge is 0.289 e. The third kappa shape index (κ3) is 3.57. The summed E-state index contributed by atoms with van der Waals surface area (Å²) in [5, 5.41) is 0. The van der Waals surface area contributed by atoms with Crippen molar-refractivity contribution in [1.29, 1.82) is 0 Å². The van der Waals surface area contributed by atoms with Gasteiger partial charge in [0.15, 0.2) is 5.76 Å². The summed E-state index contributed by atoms with van der Waals surface area (Å²) >= 11 is 0. The van der Waals surface area contributed by atoms with Crippen LogP contribution in [0.2, 0.25) is 0 Å². The van der Waals surface area contributed by atoms with Gasteiger partial charge >= 0.3 is 0 Å². The summed E-state index contributed by atoms with van der Waals surface area (Å²) in [6, 6.07) is 3.26. The molecule has 3 heterocycles. The molecular formula is C14H20N2O6S. The monoisotopic (exact) mass is 344 g/mol. The molecule has 1 atom stereocenters. The highest BCUT2D eigenvalue weighted by Gasteiger charge is 2.43. The molecule has 1 aromatic heterocycles. The molecule has 0 bridgehead atoms. The first-order valence-corrected chi connectivity index (χ1v) is 9.24. The van der Waals surface area contributed by atoms with Crippen LogP contribution in [0.4, 0.5) is 0 Å². The molecule has 0 saturated carbocycles. The highest BCUT2D eigenvalue weighted by atomic mass is 32.2. The predicted molar refractivity (Wildman–Crippen MR) is 80.5 cm³/mol. The maximum absolute atomic E-state index is 12.5. The molecule has 8 nitrogen and oxygen atoms in total. The van der Waals surface area contributed by atoms with Crippen LogP contribution < -0.4 is 0 Å². The molecule has 1 aromatic rings. The molecule has 0 radical (unpaired) electrons. The Morgan fingerprint density at radius 1 is 1.26 bits per heavy atom. The number of ether oxygens (including phenoxy) is 2. The van der Waals surface area contributed by atoms with E-state index in [1.165, 1.54) is 16.8 Å². The summed E-state index contributed by atoms with van der Waals surface area (Å²) in [4.78, 5) is 14.1. The number of carbonyl (C=O) groups excluding carboxylic acids is 1. The van der Waals surface area contributed by atoms with E-state index in [1.54, 1.807) is 17.0 Å². The summed E-state index contributed by atoms with van der Waals surface area (Å²) in [5.74, 6) is 0.0318. The first-order chi connectivity index (χ1) is 10.9. The van der Waals surface area contributed by atoms with Gasteiger partial charge < -0.3 is 18.8 Å². The third-order valence-electron chi connectivity index (χ3n) is 4.05. The Hall–Kier alpha value is -1.42. The van der Waals surface area contributed by atoms with Crippen LogP contribution in [0, 0.1) is 0 Å². The van der Waals surface area contributed by atoms with Gasteiger partial charge in [-0.3, -0.25) is 4.79 Å². The van der Waals surface area contributed by atoms with Crippen LogP contribution in [0.5, 0.6) is 0 Å². The molecule has 1 unspecified atom stereocenters. The number of amides is 1. The molecule has 3 rings (SSSR count). The van der Waals surface area contributed by atoms with Crippen LogP contribution in [0.25, 0.3) is 0 Å². The average molecular weight is 344 g/mol. The van der Waals surface area contributed by atoms with E-state index in [0.717, 1.165) is 0 Å². The summed E-state index contributed by atoms with van der Waals surface area (Å²) in [6.45, 7) is 2.04. The van der Waals surface area contributed by atoms with Crippen LogP contribution in [0.3, 0.4) is 0 Å². The van der Waals surface area contributed by atoms with Gasteiger partial charge in [0.05, 0.1) is 38.9 Å². The fourth-order valence-electron chi connectivity index (χ4n) is 2.91. The Balaban J connectivity index is 1.79. The topological polar surface area (TPSA) is 89.3 Å². The fraction of sp³-hybridized carbons (Fsp3) is 0.643. The van der Waals surface area contributed by atoms with Gasteiger partial charge in [0.1, 0.15) is 5.60 Å². The predicted octanol–water partition coefficient (Wildman–Crippen LogP) is -0.217. The molecule has 128 valence electrons. The van der Waals surface area contributed by atoms with Crippen molar-refractivity contribution in [2.45, 2.75) is 5.60 Å². The van der Waals surface area contributed by atoms with Gasteiger partial charge in [-0.2, -0.15) is 4.31 Å². The zero-order chi connectivity index (χ0) is 16.5. The van der Waals surface area contributed by atoms with E-state index < -0.39 is 15.6 Å². The quantitative estimate of drug-likeness (QED) is 0.737. The minimum absolute atomic E-state index is 0.174. The fourth-order valence-corrected chi connectivity index (χ4v) is 3.79. The molecule has 9 heteroatoms. The molecule has 1 spiro atoms. The van der Waals surface area contributed by atoms with E-state index in [4.69, 9.17) is 13.9 Å². The van der Waals surface area contributed by atoms with Crippen LogP contribution in [-0.2, 0) is 19.5 Å². The van der Waals surface area contributed by atoms with E-state index in [2.05, 4.69) is 0 Å². The Morgan fingerprint density at radius 3 is 2.78 bits per heavy atom. The van der Waals surface area contributed by atoms with Gasteiger partial charge in [-0.05, 0) is 12.1 Å². The lowest BCUT2D eigenvalue weighted by Gasteiger charge is -2.42. The maximum Gasteiger partial charge on any atom is 0.289 e. The van der Waals surface area contributed by atoms with E-state index in [9.17, 15) is 13.2 Å². The second kappa shape index (κ2) is 6.23. The van der Waals surface area contributed by atoms with E-state index in [0.29, 0.717) is 19.8 Å². The first kappa shape index (κ1) is 16.4. The van der Waals surface area contributed by atoms with Crippen molar-refractivity contribution >= 4 is 15.9 Å². The third-order valence-corrected chi connectivity index (χ3v) is 5.30.